The molecule has 2 bridgehead atoms. The van der Waals surface area contributed by atoms with Crippen molar-refractivity contribution >= 4 is 17.5 Å². The Labute approximate surface area is 111 Å². The van der Waals surface area contributed by atoms with Gasteiger partial charge in [0.15, 0.2) is 5.78 Å². The molecule has 2 aliphatic heterocycles. The van der Waals surface area contributed by atoms with Gasteiger partial charge in [-0.3, -0.25) is 9.78 Å². The zero-order valence-electron chi connectivity index (χ0n) is 10.5. The van der Waals surface area contributed by atoms with Crippen LogP contribution in [0.4, 0.5) is 0 Å². The standard InChI is InChI=1S/C14H17NO2S/c1-17-11-4-10(7-15-8-11)14(16)9-5-12-2-3-13(6-9)18-12/h4,7-9,12-13H,2-3,5-6H2,1H3. The molecule has 0 spiro atoms. The predicted molar refractivity (Wildman–Crippen MR) is 72.2 cm³/mol. The topological polar surface area (TPSA) is 39.2 Å². The summed E-state index contributed by atoms with van der Waals surface area (Å²) in [5.74, 6) is 1.10. The van der Waals surface area contributed by atoms with Gasteiger partial charge in [-0.05, 0) is 31.7 Å². The third-order valence-electron chi connectivity index (χ3n) is 3.89. The van der Waals surface area contributed by atoms with Crippen LogP contribution in [0, 0.1) is 5.92 Å². The van der Waals surface area contributed by atoms with Crippen LogP contribution in [-0.4, -0.2) is 28.4 Å². The van der Waals surface area contributed by atoms with Crippen LogP contribution in [0.5, 0.6) is 5.75 Å². The van der Waals surface area contributed by atoms with E-state index in [4.69, 9.17) is 4.74 Å². The Morgan fingerprint density at radius 2 is 2.06 bits per heavy atom. The lowest BCUT2D eigenvalue weighted by atomic mass is 9.91. The summed E-state index contributed by atoms with van der Waals surface area (Å²) in [4.78, 5) is 16.6. The first kappa shape index (κ1) is 12.0. The quantitative estimate of drug-likeness (QED) is 0.786. The summed E-state index contributed by atoms with van der Waals surface area (Å²) in [5, 5.41) is 1.41. The fourth-order valence-corrected chi connectivity index (χ4v) is 4.75. The fourth-order valence-electron chi connectivity index (χ4n) is 2.97. The predicted octanol–water partition coefficient (Wildman–Crippen LogP) is 2.95. The first-order valence-corrected chi connectivity index (χ1v) is 7.39. The molecule has 4 heteroatoms. The second kappa shape index (κ2) is 4.92. The number of rotatable bonds is 3. The van der Waals surface area contributed by atoms with Gasteiger partial charge in [-0.1, -0.05) is 0 Å². The van der Waals surface area contributed by atoms with Gasteiger partial charge < -0.3 is 4.74 Å². The Balaban J connectivity index is 1.77. The molecule has 0 amide bonds. The molecule has 2 atom stereocenters. The first-order chi connectivity index (χ1) is 8.76. The highest BCUT2D eigenvalue weighted by Crippen LogP contribution is 2.46. The van der Waals surface area contributed by atoms with Gasteiger partial charge in [0.05, 0.1) is 13.3 Å². The van der Waals surface area contributed by atoms with E-state index < -0.39 is 0 Å². The largest absolute Gasteiger partial charge is 0.495 e. The number of fused-ring (bicyclic) bond motifs is 2. The molecule has 0 N–H and O–H groups in total. The smallest absolute Gasteiger partial charge is 0.167 e. The molecule has 3 rings (SSSR count). The maximum Gasteiger partial charge on any atom is 0.167 e. The minimum absolute atomic E-state index is 0.192. The normalized spacial score (nSPS) is 30.2. The zero-order chi connectivity index (χ0) is 12.5. The fraction of sp³-hybridized carbons (Fsp3) is 0.571. The van der Waals surface area contributed by atoms with Crippen LogP contribution in [-0.2, 0) is 0 Å². The molecular weight excluding hydrogens is 246 g/mol. The molecule has 0 aliphatic carbocycles. The molecule has 2 fully saturated rings. The molecular formula is C14H17NO2S. The van der Waals surface area contributed by atoms with E-state index in [1.807, 2.05) is 0 Å². The molecule has 0 saturated carbocycles. The van der Waals surface area contributed by atoms with Gasteiger partial charge in [-0.25, -0.2) is 0 Å². The molecule has 18 heavy (non-hydrogen) atoms. The van der Waals surface area contributed by atoms with Crippen LogP contribution >= 0.6 is 11.8 Å². The zero-order valence-corrected chi connectivity index (χ0v) is 11.3. The Kier molecular flexibility index (Phi) is 3.29. The van der Waals surface area contributed by atoms with Crippen molar-refractivity contribution in [2.45, 2.75) is 36.2 Å². The molecule has 2 saturated heterocycles. The van der Waals surface area contributed by atoms with Gasteiger partial charge in [0, 0.05) is 28.2 Å². The summed E-state index contributed by atoms with van der Waals surface area (Å²) in [7, 11) is 1.60. The Morgan fingerprint density at radius 1 is 1.33 bits per heavy atom. The van der Waals surface area contributed by atoms with Crippen molar-refractivity contribution in [2.24, 2.45) is 5.92 Å². The van der Waals surface area contributed by atoms with Crippen LogP contribution in [0.3, 0.4) is 0 Å². The first-order valence-electron chi connectivity index (χ1n) is 6.45. The van der Waals surface area contributed by atoms with E-state index in [1.165, 1.54) is 12.8 Å². The van der Waals surface area contributed by atoms with Crippen molar-refractivity contribution < 1.29 is 9.53 Å². The molecule has 3 nitrogen and oxygen atoms in total. The highest BCUT2D eigenvalue weighted by Gasteiger charge is 2.37. The van der Waals surface area contributed by atoms with Crippen molar-refractivity contribution in [3.63, 3.8) is 0 Å². The van der Waals surface area contributed by atoms with E-state index >= 15 is 0 Å². The molecule has 0 aromatic carbocycles. The van der Waals surface area contributed by atoms with Gasteiger partial charge >= 0.3 is 0 Å². The third kappa shape index (κ3) is 2.26. The SMILES string of the molecule is COc1cncc(C(=O)C2CC3CCC(C2)S3)c1. The number of hydrogen-bond donors (Lipinski definition) is 0. The van der Waals surface area contributed by atoms with E-state index in [0.29, 0.717) is 21.8 Å². The van der Waals surface area contributed by atoms with Gasteiger partial charge in [0.25, 0.3) is 0 Å². The highest BCUT2D eigenvalue weighted by atomic mass is 32.2. The number of hydrogen-bond acceptors (Lipinski definition) is 4. The minimum atomic E-state index is 0.192. The van der Waals surface area contributed by atoms with E-state index in [9.17, 15) is 4.79 Å². The Hall–Kier alpha value is -1.03. The summed E-state index contributed by atoms with van der Waals surface area (Å²) < 4.78 is 5.13. The highest BCUT2D eigenvalue weighted by molar-refractivity contribution is 8.00. The Morgan fingerprint density at radius 3 is 2.72 bits per heavy atom. The summed E-state index contributed by atoms with van der Waals surface area (Å²) >= 11 is 2.08. The molecule has 0 radical (unpaired) electrons. The van der Waals surface area contributed by atoms with Crippen molar-refractivity contribution in [1.82, 2.24) is 4.98 Å². The lowest BCUT2D eigenvalue weighted by Crippen LogP contribution is -2.24. The number of ether oxygens (including phenoxy) is 1. The average Bonchev–Trinajstić information content (AvgIpc) is 2.76. The second-order valence-electron chi connectivity index (χ2n) is 5.10. The van der Waals surface area contributed by atoms with Crippen molar-refractivity contribution in [1.29, 1.82) is 0 Å². The minimum Gasteiger partial charge on any atom is -0.495 e. The molecule has 1 aromatic rings. The molecule has 96 valence electrons. The number of aromatic nitrogens is 1. The second-order valence-corrected chi connectivity index (χ2v) is 6.71. The van der Waals surface area contributed by atoms with Crippen LogP contribution in [0.1, 0.15) is 36.0 Å². The van der Waals surface area contributed by atoms with Crippen molar-refractivity contribution in [3.05, 3.63) is 24.0 Å². The number of carbonyl (C=O) groups is 1. The average molecular weight is 263 g/mol. The number of thioether (sulfide) groups is 1. The van der Waals surface area contributed by atoms with Gasteiger partial charge in [-0.2, -0.15) is 11.8 Å². The maximum absolute atomic E-state index is 12.5. The molecule has 2 unspecified atom stereocenters. The van der Waals surface area contributed by atoms with Gasteiger partial charge in [0.1, 0.15) is 5.75 Å². The number of nitrogens with zero attached hydrogens (tertiary/aromatic N) is 1. The number of ketones is 1. The van der Waals surface area contributed by atoms with E-state index in [2.05, 4.69) is 16.7 Å². The number of methoxy groups -OCH3 is 1. The summed E-state index contributed by atoms with van der Waals surface area (Å²) in [6.45, 7) is 0. The van der Waals surface area contributed by atoms with Crippen LogP contribution in [0.2, 0.25) is 0 Å². The van der Waals surface area contributed by atoms with Crippen LogP contribution in [0.15, 0.2) is 18.5 Å². The van der Waals surface area contributed by atoms with Crippen molar-refractivity contribution in [3.8, 4) is 5.75 Å². The van der Waals surface area contributed by atoms with Crippen LogP contribution < -0.4 is 4.74 Å². The summed E-state index contributed by atoms with van der Waals surface area (Å²) in [6.07, 6.45) is 7.95. The molecule has 2 aliphatic rings. The van der Waals surface area contributed by atoms with E-state index in [-0.39, 0.29) is 11.7 Å². The van der Waals surface area contributed by atoms with Gasteiger partial charge in [0.2, 0.25) is 0 Å². The van der Waals surface area contributed by atoms with Gasteiger partial charge in [-0.15, -0.1) is 0 Å². The summed E-state index contributed by atoms with van der Waals surface area (Å²) in [5.41, 5.74) is 0.700. The molecule has 3 heterocycles. The Bertz CT molecular complexity index is 451. The summed E-state index contributed by atoms with van der Waals surface area (Å²) in [6, 6.07) is 1.80. The number of Topliss-reactive ketones (excluding diaryl/α,β-unsaturated/α-hetero) is 1. The lowest BCUT2D eigenvalue weighted by Gasteiger charge is -2.26. The lowest BCUT2D eigenvalue weighted by molar-refractivity contribution is 0.0906. The van der Waals surface area contributed by atoms with E-state index in [1.54, 1.807) is 25.6 Å². The molecule has 1 aromatic heterocycles. The monoisotopic (exact) mass is 263 g/mol. The third-order valence-corrected chi connectivity index (χ3v) is 5.52. The van der Waals surface area contributed by atoms with Crippen molar-refractivity contribution in [2.75, 3.05) is 7.11 Å². The van der Waals surface area contributed by atoms with Crippen LogP contribution in [0.25, 0.3) is 0 Å². The number of pyridine rings is 1. The number of carbonyl (C=O) groups excluding carboxylic acids is 1. The maximum atomic E-state index is 12.5. The van der Waals surface area contributed by atoms with E-state index in [0.717, 1.165) is 12.8 Å².